The molecule has 1 N–H and O–H groups in total. The number of rotatable bonds is 5. The third-order valence-corrected chi connectivity index (χ3v) is 3.53. The van der Waals surface area contributed by atoms with E-state index in [4.69, 9.17) is 0 Å². The lowest BCUT2D eigenvalue weighted by Crippen LogP contribution is -2.20. The monoisotopic (exact) mass is 233 g/mol. The second-order valence-corrected chi connectivity index (χ2v) is 4.76. The van der Waals surface area contributed by atoms with E-state index in [9.17, 15) is 0 Å². The minimum absolute atomic E-state index is 0.564. The number of pyridine rings is 1. The molecule has 1 aromatic heterocycles. The topological polar surface area (TPSA) is 28.2 Å². The van der Waals surface area contributed by atoms with Crippen LogP contribution in [0, 0.1) is 0 Å². The summed E-state index contributed by atoms with van der Waals surface area (Å²) in [4.78, 5) is 6.91. The molecule has 0 amide bonds. The van der Waals surface area contributed by atoms with E-state index in [0.29, 0.717) is 6.04 Å². The van der Waals surface area contributed by atoms with Crippen LogP contribution in [0.25, 0.3) is 0 Å². The van der Waals surface area contributed by atoms with Crippen molar-refractivity contribution in [1.82, 2.24) is 4.98 Å². The molecule has 0 radical (unpaired) electrons. The van der Waals surface area contributed by atoms with E-state index in [2.05, 4.69) is 41.2 Å². The van der Waals surface area contributed by atoms with Gasteiger partial charge in [-0.25, -0.2) is 4.98 Å². The first-order chi connectivity index (χ1) is 8.33. The van der Waals surface area contributed by atoms with Gasteiger partial charge in [-0.1, -0.05) is 13.8 Å². The molecule has 0 unspecified atom stereocenters. The minimum Gasteiger partial charge on any atom is -0.381 e. The van der Waals surface area contributed by atoms with Crippen LogP contribution in [0.3, 0.4) is 0 Å². The first kappa shape index (κ1) is 12.2. The fraction of sp³-hybridized carbons (Fsp3) is 0.643. The molecule has 0 spiro atoms. The zero-order valence-electron chi connectivity index (χ0n) is 10.9. The van der Waals surface area contributed by atoms with Gasteiger partial charge >= 0.3 is 0 Å². The van der Waals surface area contributed by atoms with Crippen LogP contribution >= 0.6 is 0 Å². The van der Waals surface area contributed by atoms with Gasteiger partial charge in [0.1, 0.15) is 5.82 Å². The van der Waals surface area contributed by atoms with Gasteiger partial charge in [-0.2, -0.15) is 0 Å². The smallest absolute Gasteiger partial charge is 0.128 e. The SMILES string of the molecule is CCC(CC)Nc1ccc(N2CCCC2)nc1. The number of hydrogen-bond donors (Lipinski definition) is 1. The maximum Gasteiger partial charge on any atom is 0.128 e. The molecule has 0 saturated carbocycles. The molecule has 1 saturated heterocycles. The van der Waals surface area contributed by atoms with Crippen molar-refractivity contribution in [2.24, 2.45) is 0 Å². The zero-order chi connectivity index (χ0) is 12.1. The van der Waals surface area contributed by atoms with E-state index < -0.39 is 0 Å². The number of nitrogens with one attached hydrogen (secondary N) is 1. The quantitative estimate of drug-likeness (QED) is 0.846. The van der Waals surface area contributed by atoms with Crippen molar-refractivity contribution in [1.29, 1.82) is 0 Å². The largest absolute Gasteiger partial charge is 0.381 e. The van der Waals surface area contributed by atoms with Crippen LogP contribution in [-0.2, 0) is 0 Å². The molecule has 0 atom stereocenters. The normalized spacial score (nSPS) is 15.6. The van der Waals surface area contributed by atoms with Crippen LogP contribution in [-0.4, -0.2) is 24.1 Å². The summed E-state index contributed by atoms with van der Waals surface area (Å²) in [6.07, 6.45) is 6.88. The van der Waals surface area contributed by atoms with Gasteiger partial charge in [0.05, 0.1) is 11.9 Å². The van der Waals surface area contributed by atoms with E-state index in [1.165, 1.54) is 12.8 Å². The van der Waals surface area contributed by atoms with Crippen molar-refractivity contribution in [2.45, 2.75) is 45.6 Å². The van der Waals surface area contributed by atoms with Crippen molar-refractivity contribution in [3.05, 3.63) is 18.3 Å². The van der Waals surface area contributed by atoms with E-state index in [-0.39, 0.29) is 0 Å². The Morgan fingerprint density at radius 3 is 2.47 bits per heavy atom. The minimum atomic E-state index is 0.564. The Labute approximate surface area is 104 Å². The first-order valence-electron chi connectivity index (χ1n) is 6.81. The zero-order valence-corrected chi connectivity index (χ0v) is 10.9. The highest BCUT2D eigenvalue weighted by Gasteiger charge is 2.13. The Hall–Kier alpha value is -1.25. The van der Waals surface area contributed by atoms with Gasteiger partial charge in [-0.15, -0.1) is 0 Å². The average molecular weight is 233 g/mol. The Morgan fingerprint density at radius 1 is 1.24 bits per heavy atom. The van der Waals surface area contributed by atoms with Crippen LogP contribution < -0.4 is 10.2 Å². The van der Waals surface area contributed by atoms with E-state index in [0.717, 1.165) is 37.4 Å². The number of anilines is 2. The summed E-state index contributed by atoms with van der Waals surface area (Å²) in [6, 6.07) is 4.85. The van der Waals surface area contributed by atoms with Crippen molar-refractivity contribution < 1.29 is 0 Å². The summed E-state index contributed by atoms with van der Waals surface area (Å²) < 4.78 is 0. The van der Waals surface area contributed by atoms with Gasteiger partial charge in [0.25, 0.3) is 0 Å². The maximum absolute atomic E-state index is 4.55. The third kappa shape index (κ3) is 3.11. The Balaban J connectivity index is 1.97. The average Bonchev–Trinajstić information content (AvgIpc) is 2.90. The summed E-state index contributed by atoms with van der Waals surface area (Å²) in [7, 11) is 0. The molecular formula is C14H23N3. The molecule has 1 aliphatic rings. The van der Waals surface area contributed by atoms with Crippen LogP contribution in [0.1, 0.15) is 39.5 Å². The number of hydrogen-bond acceptors (Lipinski definition) is 3. The van der Waals surface area contributed by atoms with Crippen molar-refractivity contribution in [2.75, 3.05) is 23.3 Å². The second kappa shape index (κ2) is 5.89. The molecule has 3 nitrogen and oxygen atoms in total. The number of nitrogens with zero attached hydrogens (tertiary/aromatic N) is 2. The van der Waals surface area contributed by atoms with Gasteiger partial charge in [-0.3, -0.25) is 0 Å². The summed E-state index contributed by atoms with van der Waals surface area (Å²) in [6.45, 7) is 6.75. The summed E-state index contributed by atoms with van der Waals surface area (Å²) in [5.74, 6) is 1.12. The Morgan fingerprint density at radius 2 is 1.94 bits per heavy atom. The molecule has 17 heavy (non-hydrogen) atoms. The van der Waals surface area contributed by atoms with Crippen LogP contribution in [0.2, 0.25) is 0 Å². The molecule has 2 heterocycles. The van der Waals surface area contributed by atoms with E-state index in [1.54, 1.807) is 0 Å². The fourth-order valence-corrected chi connectivity index (χ4v) is 2.33. The highest BCUT2D eigenvalue weighted by atomic mass is 15.2. The fourth-order valence-electron chi connectivity index (χ4n) is 2.33. The van der Waals surface area contributed by atoms with Crippen LogP contribution in [0.5, 0.6) is 0 Å². The molecule has 1 aromatic rings. The lowest BCUT2D eigenvalue weighted by atomic mass is 10.1. The summed E-state index contributed by atoms with van der Waals surface area (Å²) in [5, 5.41) is 3.52. The van der Waals surface area contributed by atoms with Crippen LogP contribution in [0.15, 0.2) is 18.3 Å². The van der Waals surface area contributed by atoms with Gasteiger partial charge < -0.3 is 10.2 Å². The maximum atomic E-state index is 4.55. The van der Waals surface area contributed by atoms with Crippen molar-refractivity contribution in [3.63, 3.8) is 0 Å². The molecule has 1 aliphatic heterocycles. The van der Waals surface area contributed by atoms with Crippen molar-refractivity contribution >= 4 is 11.5 Å². The number of aromatic nitrogens is 1. The van der Waals surface area contributed by atoms with Crippen LogP contribution in [0.4, 0.5) is 11.5 Å². The standard InChI is InChI=1S/C14H23N3/c1-3-12(4-2)16-13-7-8-14(15-11-13)17-9-5-6-10-17/h7-8,11-12,16H,3-6,9-10H2,1-2H3. The second-order valence-electron chi connectivity index (χ2n) is 4.76. The lowest BCUT2D eigenvalue weighted by Gasteiger charge is -2.19. The predicted octanol–water partition coefficient (Wildman–Crippen LogP) is 3.28. The molecule has 0 bridgehead atoms. The molecule has 0 aliphatic carbocycles. The van der Waals surface area contributed by atoms with Gasteiger partial charge in [0.15, 0.2) is 0 Å². The predicted molar refractivity (Wildman–Crippen MR) is 73.7 cm³/mol. The molecule has 1 fully saturated rings. The molecule has 3 heteroatoms. The highest BCUT2D eigenvalue weighted by Crippen LogP contribution is 2.19. The van der Waals surface area contributed by atoms with Gasteiger partial charge in [-0.05, 0) is 37.8 Å². The molecule has 2 rings (SSSR count). The van der Waals surface area contributed by atoms with Crippen molar-refractivity contribution in [3.8, 4) is 0 Å². The first-order valence-corrected chi connectivity index (χ1v) is 6.81. The molecule has 0 aromatic carbocycles. The summed E-state index contributed by atoms with van der Waals surface area (Å²) in [5.41, 5.74) is 1.14. The lowest BCUT2D eigenvalue weighted by molar-refractivity contribution is 0.671. The van der Waals surface area contributed by atoms with Gasteiger partial charge in [0, 0.05) is 19.1 Å². The molecule has 94 valence electrons. The van der Waals surface area contributed by atoms with E-state index in [1.807, 2.05) is 6.20 Å². The summed E-state index contributed by atoms with van der Waals surface area (Å²) >= 11 is 0. The van der Waals surface area contributed by atoms with E-state index >= 15 is 0 Å². The Kier molecular flexibility index (Phi) is 4.24. The molecular weight excluding hydrogens is 210 g/mol. The highest BCUT2D eigenvalue weighted by molar-refractivity contribution is 5.49. The van der Waals surface area contributed by atoms with Gasteiger partial charge in [0.2, 0.25) is 0 Å². The third-order valence-electron chi connectivity index (χ3n) is 3.53. The Bertz CT molecular complexity index is 324.